The van der Waals surface area contributed by atoms with Gasteiger partial charge in [0.25, 0.3) is 0 Å². The predicted octanol–water partition coefficient (Wildman–Crippen LogP) is 4.11. The molecule has 7 heteroatoms. The molecule has 0 radical (unpaired) electrons. The molecule has 4 unspecified atom stereocenters. The first kappa shape index (κ1) is 25.0. The number of ether oxygens (including phenoxy) is 1. The van der Waals surface area contributed by atoms with Gasteiger partial charge in [-0.05, 0) is 63.7 Å². The largest absolute Gasteiger partial charge is 0.372 e. The van der Waals surface area contributed by atoms with E-state index in [0.717, 1.165) is 37.6 Å². The minimum Gasteiger partial charge on any atom is -0.372 e. The first-order valence-electron chi connectivity index (χ1n) is 10.0. The van der Waals surface area contributed by atoms with Crippen molar-refractivity contribution in [1.29, 1.82) is 0 Å². The second-order valence-electron chi connectivity index (χ2n) is 8.02. The van der Waals surface area contributed by atoms with E-state index in [1.54, 1.807) is 0 Å². The molecule has 2 aliphatic heterocycles. The molecule has 0 aromatic heterocycles. The van der Waals surface area contributed by atoms with Crippen LogP contribution in [0.4, 0.5) is 11.4 Å². The molecule has 0 spiro atoms. The van der Waals surface area contributed by atoms with Crippen LogP contribution in [-0.4, -0.2) is 44.3 Å². The Balaban J connectivity index is 0.00000196. The second kappa shape index (κ2) is 11.9. The first-order valence-corrected chi connectivity index (χ1v) is 10.0. The smallest absolute Gasteiger partial charge is 0.224 e. The summed E-state index contributed by atoms with van der Waals surface area (Å²) in [5, 5.41) is 6.61. The van der Waals surface area contributed by atoms with Gasteiger partial charge in [-0.1, -0.05) is 19.1 Å². The Hall–Kier alpha value is -1.01. The lowest BCUT2D eigenvalue weighted by Crippen LogP contribution is -2.45. The third-order valence-corrected chi connectivity index (χ3v) is 5.59. The standard InChI is InChI=1S/C21H33N3O2.2ClH/c1-15(18-7-6-10-22-12-18)11-21(25)23-19-8-4-5-9-20(19)24-13-16(2)26-17(3)14-24;;/h4-5,8-9,15-18,22H,6-7,10-14H2,1-3H3,(H,23,25);2*1H. The SMILES string of the molecule is CC1CN(c2ccccc2NC(=O)CC(C)C2CCCNC2)CC(C)O1.Cl.Cl. The van der Waals surface area contributed by atoms with Crippen LogP contribution in [-0.2, 0) is 9.53 Å². The van der Waals surface area contributed by atoms with E-state index in [-0.39, 0.29) is 42.9 Å². The van der Waals surface area contributed by atoms with E-state index in [1.165, 1.54) is 12.8 Å². The van der Waals surface area contributed by atoms with Crippen LogP contribution in [0.25, 0.3) is 0 Å². The maximum absolute atomic E-state index is 12.7. The topological polar surface area (TPSA) is 53.6 Å². The molecule has 5 nitrogen and oxygen atoms in total. The van der Waals surface area contributed by atoms with Crippen molar-refractivity contribution in [3.05, 3.63) is 24.3 Å². The molecule has 0 saturated carbocycles. The molecule has 0 bridgehead atoms. The number of amides is 1. The summed E-state index contributed by atoms with van der Waals surface area (Å²) in [5.74, 6) is 1.12. The summed E-state index contributed by atoms with van der Waals surface area (Å²) in [6.07, 6.45) is 3.41. The van der Waals surface area contributed by atoms with Crippen LogP contribution in [0, 0.1) is 11.8 Å². The van der Waals surface area contributed by atoms with Crippen molar-refractivity contribution in [1.82, 2.24) is 5.32 Å². The Kier molecular flexibility index (Phi) is 10.6. The molecule has 2 N–H and O–H groups in total. The highest BCUT2D eigenvalue weighted by Crippen LogP contribution is 2.29. The van der Waals surface area contributed by atoms with Crippen LogP contribution in [0.1, 0.15) is 40.0 Å². The lowest BCUT2D eigenvalue weighted by Gasteiger charge is -2.37. The Morgan fingerprint density at radius 3 is 2.57 bits per heavy atom. The van der Waals surface area contributed by atoms with Crippen molar-refractivity contribution in [2.75, 3.05) is 36.4 Å². The van der Waals surface area contributed by atoms with Crippen molar-refractivity contribution in [3.8, 4) is 0 Å². The molecular formula is C21H35Cl2N3O2. The number of carbonyl (C=O) groups is 1. The average Bonchev–Trinajstić information content (AvgIpc) is 2.62. The summed E-state index contributed by atoms with van der Waals surface area (Å²) in [5.41, 5.74) is 2.00. The monoisotopic (exact) mass is 431 g/mol. The van der Waals surface area contributed by atoms with Crippen LogP contribution >= 0.6 is 24.8 Å². The molecule has 3 rings (SSSR count). The molecule has 0 aliphatic carbocycles. The average molecular weight is 432 g/mol. The Bertz CT molecular complexity index is 601. The number of halogens is 2. The maximum atomic E-state index is 12.7. The fraction of sp³-hybridized carbons (Fsp3) is 0.667. The fourth-order valence-corrected chi connectivity index (χ4v) is 4.25. The summed E-state index contributed by atoms with van der Waals surface area (Å²) in [4.78, 5) is 15.0. The highest BCUT2D eigenvalue weighted by atomic mass is 35.5. The lowest BCUT2D eigenvalue weighted by molar-refractivity contribution is -0.117. The van der Waals surface area contributed by atoms with Gasteiger partial charge in [0.15, 0.2) is 0 Å². The zero-order valence-electron chi connectivity index (χ0n) is 17.1. The predicted molar refractivity (Wildman–Crippen MR) is 121 cm³/mol. The van der Waals surface area contributed by atoms with Crippen molar-refractivity contribution in [3.63, 3.8) is 0 Å². The van der Waals surface area contributed by atoms with Gasteiger partial charge >= 0.3 is 0 Å². The molecule has 4 atom stereocenters. The minimum atomic E-state index is 0. The molecule has 1 aromatic carbocycles. The summed E-state index contributed by atoms with van der Waals surface area (Å²) in [7, 11) is 0. The van der Waals surface area contributed by atoms with Gasteiger partial charge in [0.2, 0.25) is 5.91 Å². The molecule has 1 aromatic rings. The van der Waals surface area contributed by atoms with E-state index in [4.69, 9.17) is 4.74 Å². The van der Waals surface area contributed by atoms with Crippen molar-refractivity contribution >= 4 is 42.1 Å². The Labute approximate surface area is 181 Å². The molecule has 2 aliphatic rings. The number of anilines is 2. The lowest BCUT2D eigenvalue weighted by atomic mass is 9.85. The molecular weight excluding hydrogens is 397 g/mol. The van der Waals surface area contributed by atoms with E-state index in [2.05, 4.69) is 42.4 Å². The van der Waals surface area contributed by atoms with Crippen molar-refractivity contribution in [2.24, 2.45) is 11.8 Å². The van der Waals surface area contributed by atoms with E-state index in [0.29, 0.717) is 18.3 Å². The summed E-state index contributed by atoms with van der Waals surface area (Å²) >= 11 is 0. The molecule has 2 saturated heterocycles. The van der Waals surface area contributed by atoms with E-state index < -0.39 is 0 Å². The van der Waals surface area contributed by atoms with Crippen LogP contribution in [0.5, 0.6) is 0 Å². The summed E-state index contributed by atoms with van der Waals surface area (Å²) < 4.78 is 5.84. The van der Waals surface area contributed by atoms with Gasteiger partial charge in [-0.25, -0.2) is 0 Å². The van der Waals surface area contributed by atoms with Gasteiger partial charge in [0.05, 0.1) is 23.6 Å². The highest BCUT2D eigenvalue weighted by Gasteiger charge is 2.25. The third-order valence-electron chi connectivity index (χ3n) is 5.59. The molecule has 1 amide bonds. The number of hydrogen-bond acceptors (Lipinski definition) is 4. The number of nitrogens with one attached hydrogen (secondary N) is 2. The highest BCUT2D eigenvalue weighted by molar-refractivity contribution is 5.94. The van der Waals surface area contributed by atoms with Gasteiger partial charge in [0, 0.05) is 19.5 Å². The second-order valence-corrected chi connectivity index (χ2v) is 8.02. The molecule has 28 heavy (non-hydrogen) atoms. The number of nitrogens with zero attached hydrogens (tertiary/aromatic N) is 1. The van der Waals surface area contributed by atoms with Crippen molar-refractivity contribution < 1.29 is 9.53 Å². The Morgan fingerprint density at radius 2 is 1.93 bits per heavy atom. The molecule has 2 fully saturated rings. The zero-order chi connectivity index (χ0) is 18.5. The van der Waals surface area contributed by atoms with E-state index >= 15 is 0 Å². The number of carbonyl (C=O) groups excluding carboxylic acids is 1. The van der Waals surface area contributed by atoms with Gasteiger partial charge in [-0.15, -0.1) is 24.8 Å². The van der Waals surface area contributed by atoms with Gasteiger partial charge in [-0.3, -0.25) is 4.79 Å². The first-order chi connectivity index (χ1) is 12.5. The number of benzene rings is 1. The number of hydrogen-bond donors (Lipinski definition) is 2. The normalized spacial score (nSPS) is 25.8. The quantitative estimate of drug-likeness (QED) is 0.736. The van der Waals surface area contributed by atoms with Gasteiger partial charge < -0.3 is 20.3 Å². The van der Waals surface area contributed by atoms with Gasteiger partial charge in [0.1, 0.15) is 0 Å². The maximum Gasteiger partial charge on any atom is 0.224 e. The van der Waals surface area contributed by atoms with E-state index in [9.17, 15) is 4.79 Å². The third kappa shape index (κ3) is 6.80. The zero-order valence-corrected chi connectivity index (χ0v) is 18.8. The number of rotatable bonds is 5. The number of piperidine rings is 1. The summed E-state index contributed by atoms with van der Waals surface area (Å²) in [6, 6.07) is 8.12. The van der Waals surface area contributed by atoms with Gasteiger partial charge in [-0.2, -0.15) is 0 Å². The van der Waals surface area contributed by atoms with E-state index in [1.807, 2.05) is 18.2 Å². The molecule has 160 valence electrons. The van der Waals surface area contributed by atoms with Crippen LogP contribution in [0.3, 0.4) is 0 Å². The minimum absolute atomic E-state index is 0. The van der Waals surface area contributed by atoms with Crippen LogP contribution < -0.4 is 15.5 Å². The fourth-order valence-electron chi connectivity index (χ4n) is 4.25. The van der Waals surface area contributed by atoms with Crippen molar-refractivity contribution in [2.45, 2.75) is 52.2 Å². The van der Waals surface area contributed by atoms with Crippen LogP contribution in [0.15, 0.2) is 24.3 Å². The molecule has 2 heterocycles. The number of morpholine rings is 1. The summed E-state index contributed by atoms with van der Waals surface area (Å²) in [6.45, 7) is 10.2. The Morgan fingerprint density at radius 1 is 1.25 bits per heavy atom. The number of para-hydroxylation sites is 2. The van der Waals surface area contributed by atoms with Crippen LogP contribution in [0.2, 0.25) is 0 Å².